The summed E-state index contributed by atoms with van der Waals surface area (Å²) in [5.41, 5.74) is 2.76. The highest BCUT2D eigenvalue weighted by Crippen LogP contribution is 2.21. The predicted molar refractivity (Wildman–Crippen MR) is 87.0 cm³/mol. The summed E-state index contributed by atoms with van der Waals surface area (Å²) < 4.78 is 0. The molecule has 1 aromatic heterocycles. The van der Waals surface area contributed by atoms with E-state index in [4.69, 9.17) is 5.11 Å². The highest BCUT2D eigenvalue weighted by molar-refractivity contribution is 5.99. The number of hydrogen-bond donors (Lipinski definition) is 1. The maximum atomic E-state index is 12.2. The van der Waals surface area contributed by atoms with Crippen molar-refractivity contribution in [2.45, 2.75) is 13.0 Å². The van der Waals surface area contributed by atoms with E-state index in [1.54, 1.807) is 0 Å². The molecule has 3 rings (SSSR count). The fraction of sp³-hybridized carbons (Fsp3) is 0.167. The molecule has 2 aromatic carbocycles. The Morgan fingerprint density at radius 1 is 0.957 bits per heavy atom. The van der Waals surface area contributed by atoms with Gasteiger partial charge in [-0.3, -0.25) is 4.79 Å². The van der Waals surface area contributed by atoms with Crippen LogP contribution in [0.1, 0.15) is 22.5 Å². The lowest BCUT2D eigenvalue weighted by molar-refractivity contribution is 0.0951. The van der Waals surface area contributed by atoms with E-state index in [1.165, 1.54) is 4.80 Å². The van der Waals surface area contributed by atoms with Crippen LogP contribution >= 0.6 is 0 Å². The molecule has 0 atom stereocenters. The van der Waals surface area contributed by atoms with Gasteiger partial charge >= 0.3 is 0 Å². The largest absolute Gasteiger partial charge is 0.396 e. The van der Waals surface area contributed by atoms with Crippen molar-refractivity contribution in [2.75, 3.05) is 6.61 Å². The first kappa shape index (κ1) is 15.1. The number of hydrogen-bond acceptors (Lipinski definition) is 4. The van der Waals surface area contributed by atoms with Gasteiger partial charge in [0, 0.05) is 12.0 Å². The van der Waals surface area contributed by atoms with Gasteiger partial charge < -0.3 is 5.11 Å². The van der Waals surface area contributed by atoms with E-state index < -0.39 is 0 Å². The smallest absolute Gasteiger partial charge is 0.187 e. The van der Waals surface area contributed by atoms with Crippen molar-refractivity contribution >= 4 is 5.78 Å². The summed E-state index contributed by atoms with van der Waals surface area (Å²) in [6.45, 7) is 0.297. The van der Waals surface area contributed by atoms with Crippen molar-refractivity contribution in [1.82, 2.24) is 15.0 Å². The fourth-order valence-electron chi connectivity index (χ4n) is 2.36. The fourth-order valence-corrected chi connectivity index (χ4v) is 2.36. The highest BCUT2D eigenvalue weighted by atomic mass is 16.3. The van der Waals surface area contributed by atoms with E-state index in [0.29, 0.717) is 17.9 Å². The average molecular weight is 307 g/mol. The predicted octanol–water partition coefficient (Wildman–Crippen LogP) is 2.56. The summed E-state index contributed by atoms with van der Waals surface area (Å²) in [7, 11) is 0. The first-order chi connectivity index (χ1) is 11.3. The molecule has 116 valence electrons. The summed E-state index contributed by atoms with van der Waals surface area (Å²) in [4.78, 5) is 13.8. The Morgan fingerprint density at radius 3 is 2.26 bits per heavy atom. The third-order valence-corrected chi connectivity index (χ3v) is 3.47. The Hall–Kier alpha value is -2.79. The van der Waals surface area contributed by atoms with Crippen LogP contribution in [-0.2, 0) is 6.54 Å². The van der Waals surface area contributed by atoms with Gasteiger partial charge in [-0.2, -0.15) is 9.90 Å². The van der Waals surface area contributed by atoms with Gasteiger partial charge in [0.1, 0.15) is 5.69 Å². The van der Waals surface area contributed by atoms with Crippen molar-refractivity contribution in [3.63, 3.8) is 0 Å². The number of carbonyl (C=O) groups is 1. The third-order valence-electron chi connectivity index (χ3n) is 3.47. The number of nitrogens with zero attached hydrogens (tertiary/aromatic N) is 3. The number of Topliss-reactive ketones (excluding diaryl/α,β-unsaturated/α-hetero) is 1. The van der Waals surface area contributed by atoms with Crippen LogP contribution in [0.25, 0.3) is 11.3 Å². The number of rotatable bonds is 6. The first-order valence-electron chi connectivity index (χ1n) is 7.46. The van der Waals surface area contributed by atoms with E-state index in [1.807, 2.05) is 60.7 Å². The molecule has 0 radical (unpaired) electrons. The molecular weight excluding hydrogens is 290 g/mol. The van der Waals surface area contributed by atoms with Gasteiger partial charge in [0.2, 0.25) is 0 Å². The maximum Gasteiger partial charge on any atom is 0.187 e. The number of aromatic nitrogens is 3. The molecule has 0 saturated heterocycles. The molecule has 0 aliphatic heterocycles. The van der Waals surface area contributed by atoms with Crippen molar-refractivity contribution in [3.05, 3.63) is 71.9 Å². The van der Waals surface area contributed by atoms with Gasteiger partial charge in [-0.1, -0.05) is 60.7 Å². The van der Waals surface area contributed by atoms with Gasteiger partial charge in [-0.15, -0.1) is 5.10 Å². The van der Waals surface area contributed by atoms with Crippen LogP contribution < -0.4 is 0 Å². The van der Waals surface area contributed by atoms with Crippen molar-refractivity contribution in [3.8, 4) is 11.3 Å². The first-order valence-corrected chi connectivity index (χ1v) is 7.46. The second-order valence-electron chi connectivity index (χ2n) is 5.18. The second-order valence-corrected chi connectivity index (χ2v) is 5.18. The summed E-state index contributed by atoms with van der Waals surface area (Å²) in [5.74, 6) is -0.203. The van der Waals surface area contributed by atoms with E-state index in [9.17, 15) is 4.79 Å². The third kappa shape index (κ3) is 3.52. The SMILES string of the molecule is O=C(CCO)c1nn(Cc2ccccc2)nc1-c1ccccc1. The standard InChI is InChI=1S/C18H17N3O2/c22-12-11-16(23)18-17(15-9-5-2-6-10-15)19-21(20-18)13-14-7-3-1-4-8-14/h1-10,22H,11-13H2. The minimum absolute atomic E-state index is 0.0455. The zero-order chi connectivity index (χ0) is 16.1. The van der Waals surface area contributed by atoms with Crippen LogP contribution in [0.3, 0.4) is 0 Å². The summed E-state index contributed by atoms with van der Waals surface area (Å²) >= 11 is 0. The molecule has 5 nitrogen and oxygen atoms in total. The van der Waals surface area contributed by atoms with Crippen LogP contribution in [0, 0.1) is 0 Å². The molecule has 23 heavy (non-hydrogen) atoms. The molecule has 5 heteroatoms. The molecule has 1 heterocycles. The monoisotopic (exact) mass is 307 g/mol. The van der Waals surface area contributed by atoms with E-state index in [-0.39, 0.29) is 18.8 Å². The Balaban J connectivity index is 1.98. The van der Waals surface area contributed by atoms with Crippen molar-refractivity contribution in [2.24, 2.45) is 0 Å². The summed E-state index contributed by atoms with van der Waals surface area (Å²) in [5, 5.41) is 17.9. The zero-order valence-electron chi connectivity index (χ0n) is 12.6. The van der Waals surface area contributed by atoms with Crippen LogP contribution in [0.2, 0.25) is 0 Å². The lowest BCUT2D eigenvalue weighted by Crippen LogP contribution is -2.07. The zero-order valence-corrected chi connectivity index (χ0v) is 12.6. The van der Waals surface area contributed by atoms with Crippen molar-refractivity contribution in [1.29, 1.82) is 0 Å². The quantitative estimate of drug-likeness (QED) is 0.711. The molecule has 0 saturated carbocycles. The molecule has 0 bridgehead atoms. The van der Waals surface area contributed by atoms with Gasteiger partial charge in [0.15, 0.2) is 11.5 Å². The number of aliphatic hydroxyl groups is 1. The van der Waals surface area contributed by atoms with E-state index in [2.05, 4.69) is 10.2 Å². The maximum absolute atomic E-state index is 12.2. The van der Waals surface area contributed by atoms with Gasteiger partial charge in [-0.05, 0) is 5.56 Å². The van der Waals surface area contributed by atoms with E-state index >= 15 is 0 Å². The Kier molecular flexibility index (Phi) is 4.59. The lowest BCUT2D eigenvalue weighted by atomic mass is 10.1. The number of carbonyl (C=O) groups excluding carboxylic acids is 1. The summed E-state index contributed by atoms with van der Waals surface area (Å²) in [6.07, 6.45) is 0.0455. The van der Waals surface area contributed by atoms with Crippen LogP contribution in [0.5, 0.6) is 0 Å². The van der Waals surface area contributed by atoms with Crippen LogP contribution in [-0.4, -0.2) is 32.5 Å². The lowest BCUT2D eigenvalue weighted by Gasteiger charge is -1.99. The molecule has 0 unspecified atom stereocenters. The van der Waals surface area contributed by atoms with Gasteiger partial charge in [0.25, 0.3) is 0 Å². The van der Waals surface area contributed by atoms with Gasteiger partial charge in [-0.25, -0.2) is 0 Å². The van der Waals surface area contributed by atoms with Crippen LogP contribution in [0.15, 0.2) is 60.7 Å². The number of benzene rings is 2. The normalized spacial score (nSPS) is 10.7. The molecular formula is C18H17N3O2. The van der Waals surface area contributed by atoms with Gasteiger partial charge in [0.05, 0.1) is 13.2 Å². The van der Waals surface area contributed by atoms with Crippen molar-refractivity contribution < 1.29 is 9.90 Å². The second kappa shape index (κ2) is 6.98. The molecule has 3 aromatic rings. The highest BCUT2D eigenvalue weighted by Gasteiger charge is 2.19. The Labute approximate surface area is 134 Å². The molecule has 0 spiro atoms. The Bertz CT molecular complexity index is 783. The molecule has 1 N–H and O–H groups in total. The summed E-state index contributed by atoms with van der Waals surface area (Å²) in [6, 6.07) is 19.3. The number of aliphatic hydroxyl groups excluding tert-OH is 1. The molecule has 0 aliphatic carbocycles. The molecule has 0 aliphatic rings. The molecule has 0 amide bonds. The van der Waals surface area contributed by atoms with E-state index in [0.717, 1.165) is 11.1 Å². The number of ketones is 1. The molecule has 0 fully saturated rings. The topological polar surface area (TPSA) is 68.0 Å². The Morgan fingerprint density at radius 2 is 1.61 bits per heavy atom. The van der Waals surface area contributed by atoms with Crippen LogP contribution in [0.4, 0.5) is 0 Å². The average Bonchev–Trinajstić information content (AvgIpc) is 3.01. The minimum Gasteiger partial charge on any atom is -0.396 e. The minimum atomic E-state index is -0.203.